The molecular formula is C21H22N4O. The number of carbonyl (C=O) groups is 1. The lowest BCUT2D eigenvalue weighted by Gasteiger charge is -2.09. The SMILES string of the molecule is Cc1cccc(CNC(=O)c2cc(Nc3cc(C)cc(C)c3)ncn2)c1. The molecule has 0 saturated heterocycles. The van der Waals surface area contributed by atoms with Crippen LogP contribution in [0.5, 0.6) is 0 Å². The fraction of sp³-hybridized carbons (Fsp3) is 0.190. The molecule has 1 aromatic heterocycles. The normalized spacial score (nSPS) is 10.4. The summed E-state index contributed by atoms with van der Waals surface area (Å²) in [6, 6.07) is 15.9. The Hall–Kier alpha value is -3.21. The predicted molar refractivity (Wildman–Crippen MR) is 104 cm³/mol. The molecule has 5 heteroatoms. The largest absolute Gasteiger partial charge is 0.347 e. The Morgan fingerprint density at radius 1 is 0.923 bits per heavy atom. The summed E-state index contributed by atoms with van der Waals surface area (Å²) in [5.41, 5.74) is 5.82. The van der Waals surface area contributed by atoms with Crippen LogP contribution >= 0.6 is 0 Å². The standard InChI is InChI=1S/C21H22N4O/c1-14-5-4-6-17(8-14)12-22-21(26)19-11-20(24-13-23-19)25-18-9-15(2)7-16(3)10-18/h4-11,13H,12H2,1-3H3,(H,22,26)(H,23,24,25). The molecule has 3 rings (SSSR count). The number of nitrogens with zero attached hydrogens (tertiary/aromatic N) is 2. The summed E-state index contributed by atoms with van der Waals surface area (Å²) in [6.45, 7) is 6.58. The van der Waals surface area contributed by atoms with Crippen LogP contribution in [-0.4, -0.2) is 15.9 Å². The van der Waals surface area contributed by atoms with E-state index in [0.717, 1.165) is 22.4 Å². The van der Waals surface area contributed by atoms with Gasteiger partial charge in [0.2, 0.25) is 0 Å². The molecule has 132 valence electrons. The van der Waals surface area contributed by atoms with Crippen LogP contribution in [0, 0.1) is 20.8 Å². The van der Waals surface area contributed by atoms with Crippen molar-refractivity contribution in [1.82, 2.24) is 15.3 Å². The fourth-order valence-electron chi connectivity index (χ4n) is 2.84. The molecule has 0 fully saturated rings. The molecule has 3 aromatic rings. The molecule has 5 nitrogen and oxygen atoms in total. The highest BCUT2D eigenvalue weighted by Gasteiger charge is 2.09. The van der Waals surface area contributed by atoms with Gasteiger partial charge in [0.05, 0.1) is 0 Å². The molecule has 0 bridgehead atoms. The van der Waals surface area contributed by atoms with Gasteiger partial charge in [-0.05, 0) is 49.6 Å². The van der Waals surface area contributed by atoms with Gasteiger partial charge in [0.1, 0.15) is 17.8 Å². The van der Waals surface area contributed by atoms with Crippen LogP contribution in [0.2, 0.25) is 0 Å². The van der Waals surface area contributed by atoms with Crippen molar-refractivity contribution in [3.8, 4) is 0 Å². The van der Waals surface area contributed by atoms with Gasteiger partial charge in [-0.3, -0.25) is 4.79 Å². The zero-order chi connectivity index (χ0) is 18.5. The molecule has 0 saturated carbocycles. The first-order valence-corrected chi connectivity index (χ1v) is 8.51. The van der Waals surface area contributed by atoms with E-state index < -0.39 is 0 Å². The van der Waals surface area contributed by atoms with Gasteiger partial charge < -0.3 is 10.6 Å². The van der Waals surface area contributed by atoms with Gasteiger partial charge in [-0.2, -0.15) is 0 Å². The second-order valence-electron chi connectivity index (χ2n) is 6.46. The zero-order valence-electron chi connectivity index (χ0n) is 15.2. The Labute approximate surface area is 153 Å². The number of amides is 1. The van der Waals surface area contributed by atoms with Gasteiger partial charge >= 0.3 is 0 Å². The summed E-state index contributed by atoms with van der Waals surface area (Å²) >= 11 is 0. The van der Waals surface area contributed by atoms with E-state index in [1.54, 1.807) is 6.07 Å². The van der Waals surface area contributed by atoms with E-state index in [1.807, 2.05) is 57.2 Å². The number of aryl methyl sites for hydroxylation is 3. The summed E-state index contributed by atoms with van der Waals surface area (Å²) < 4.78 is 0. The van der Waals surface area contributed by atoms with Crippen LogP contribution in [0.15, 0.2) is 54.9 Å². The highest BCUT2D eigenvalue weighted by atomic mass is 16.1. The summed E-state index contributed by atoms with van der Waals surface area (Å²) in [5, 5.41) is 6.13. The average Bonchev–Trinajstić information content (AvgIpc) is 2.59. The van der Waals surface area contributed by atoms with Crippen LogP contribution in [0.1, 0.15) is 32.7 Å². The van der Waals surface area contributed by atoms with Crippen LogP contribution in [0.3, 0.4) is 0 Å². The molecule has 0 spiro atoms. The summed E-state index contributed by atoms with van der Waals surface area (Å²) in [7, 11) is 0. The zero-order valence-corrected chi connectivity index (χ0v) is 15.2. The van der Waals surface area contributed by atoms with Crippen molar-refractivity contribution < 1.29 is 4.79 Å². The molecule has 2 aromatic carbocycles. The first kappa shape index (κ1) is 17.6. The number of rotatable bonds is 5. The minimum absolute atomic E-state index is 0.225. The molecule has 26 heavy (non-hydrogen) atoms. The first-order chi connectivity index (χ1) is 12.5. The molecule has 1 amide bonds. The fourth-order valence-corrected chi connectivity index (χ4v) is 2.84. The maximum absolute atomic E-state index is 12.4. The molecule has 0 unspecified atom stereocenters. The van der Waals surface area contributed by atoms with Crippen LogP contribution in [0.25, 0.3) is 0 Å². The molecule has 1 heterocycles. The van der Waals surface area contributed by atoms with E-state index in [9.17, 15) is 4.79 Å². The van der Waals surface area contributed by atoms with Crippen LogP contribution in [-0.2, 0) is 6.54 Å². The van der Waals surface area contributed by atoms with Gasteiger partial charge in [-0.1, -0.05) is 35.9 Å². The lowest BCUT2D eigenvalue weighted by molar-refractivity contribution is 0.0946. The molecule has 2 N–H and O–H groups in total. The third kappa shape index (κ3) is 4.66. The first-order valence-electron chi connectivity index (χ1n) is 8.51. The van der Waals surface area contributed by atoms with Crippen molar-refractivity contribution in [3.05, 3.63) is 82.8 Å². The third-order valence-electron chi connectivity index (χ3n) is 3.93. The number of anilines is 2. The predicted octanol–water partition coefficient (Wildman–Crippen LogP) is 4.08. The molecule has 0 aliphatic heterocycles. The summed E-state index contributed by atoms with van der Waals surface area (Å²) in [5.74, 6) is 0.364. The monoisotopic (exact) mass is 346 g/mol. The second-order valence-corrected chi connectivity index (χ2v) is 6.46. The van der Waals surface area contributed by atoms with E-state index >= 15 is 0 Å². The average molecular weight is 346 g/mol. The molecule has 0 aliphatic rings. The lowest BCUT2D eigenvalue weighted by atomic mass is 10.1. The maximum Gasteiger partial charge on any atom is 0.270 e. The van der Waals surface area contributed by atoms with Gasteiger partial charge in [-0.25, -0.2) is 9.97 Å². The van der Waals surface area contributed by atoms with Crippen molar-refractivity contribution in [1.29, 1.82) is 0 Å². The Kier molecular flexibility index (Phi) is 5.27. The topological polar surface area (TPSA) is 66.9 Å². The number of carbonyl (C=O) groups excluding carboxylic acids is 1. The summed E-state index contributed by atoms with van der Waals surface area (Å²) in [4.78, 5) is 20.7. The van der Waals surface area contributed by atoms with E-state index in [4.69, 9.17) is 0 Å². The van der Waals surface area contributed by atoms with Gasteiger partial charge in [0.25, 0.3) is 5.91 Å². The Morgan fingerprint density at radius 2 is 1.69 bits per heavy atom. The van der Waals surface area contributed by atoms with Crippen LogP contribution < -0.4 is 10.6 Å². The molecule has 0 atom stereocenters. The van der Waals surface area contributed by atoms with Gasteiger partial charge in [-0.15, -0.1) is 0 Å². The highest BCUT2D eigenvalue weighted by molar-refractivity contribution is 5.92. The molecule has 0 aliphatic carbocycles. The Balaban J connectivity index is 1.69. The van der Waals surface area contributed by atoms with Crippen molar-refractivity contribution in [2.24, 2.45) is 0 Å². The summed E-state index contributed by atoms with van der Waals surface area (Å²) in [6.07, 6.45) is 1.40. The van der Waals surface area contributed by atoms with Crippen molar-refractivity contribution in [2.75, 3.05) is 5.32 Å². The molecular weight excluding hydrogens is 324 g/mol. The number of nitrogens with one attached hydrogen (secondary N) is 2. The van der Waals surface area contributed by atoms with Gasteiger partial charge in [0.15, 0.2) is 0 Å². The van der Waals surface area contributed by atoms with Crippen molar-refractivity contribution in [2.45, 2.75) is 27.3 Å². The third-order valence-corrected chi connectivity index (χ3v) is 3.93. The highest BCUT2D eigenvalue weighted by Crippen LogP contribution is 2.18. The van der Waals surface area contributed by atoms with E-state index in [-0.39, 0.29) is 5.91 Å². The van der Waals surface area contributed by atoms with Crippen molar-refractivity contribution in [3.63, 3.8) is 0 Å². The number of aromatic nitrogens is 2. The maximum atomic E-state index is 12.4. The van der Waals surface area contributed by atoms with E-state index in [1.165, 1.54) is 11.9 Å². The van der Waals surface area contributed by atoms with Crippen molar-refractivity contribution >= 4 is 17.4 Å². The second kappa shape index (κ2) is 7.78. The molecule has 0 radical (unpaired) electrons. The minimum atomic E-state index is -0.225. The van der Waals surface area contributed by atoms with Gasteiger partial charge in [0, 0.05) is 18.3 Å². The number of benzene rings is 2. The Bertz CT molecular complexity index is 917. The number of hydrogen-bond acceptors (Lipinski definition) is 4. The van der Waals surface area contributed by atoms with E-state index in [0.29, 0.717) is 18.1 Å². The Morgan fingerprint density at radius 3 is 2.42 bits per heavy atom. The quantitative estimate of drug-likeness (QED) is 0.731. The minimum Gasteiger partial charge on any atom is -0.347 e. The lowest BCUT2D eigenvalue weighted by Crippen LogP contribution is -2.24. The smallest absolute Gasteiger partial charge is 0.270 e. The van der Waals surface area contributed by atoms with E-state index in [2.05, 4.69) is 26.7 Å². The number of hydrogen-bond donors (Lipinski definition) is 2. The van der Waals surface area contributed by atoms with Crippen LogP contribution in [0.4, 0.5) is 11.5 Å².